The fourth-order valence-corrected chi connectivity index (χ4v) is 2.74. The lowest BCUT2D eigenvalue weighted by Crippen LogP contribution is -2.47. The van der Waals surface area contributed by atoms with Gasteiger partial charge in [-0.25, -0.2) is 9.78 Å². The van der Waals surface area contributed by atoms with Crippen LogP contribution in [-0.2, 0) is 4.79 Å². The molecule has 7 heteroatoms. The van der Waals surface area contributed by atoms with Gasteiger partial charge in [-0.15, -0.1) is 0 Å². The zero-order valence-electron chi connectivity index (χ0n) is 13.7. The molecular weight excluding hydrogens is 296 g/mol. The first kappa shape index (κ1) is 17.1. The standard InChI is InChI=1S/C16H24N4O3/c1-3-19(4-2)16(23)20-10-7-12(8-11-20)15(22)18-14-13(21)6-5-9-17-14/h5-6,9,12,21H,3-4,7-8,10-11H2,1-2H3,(H,17,18,22). The van der Waals surface area contributed by atoms with Gasteiger partial charge >= 0.3 is 6.03 Å². The number of aromatic nitrogens is 1. The molecule has 7 nitrogen and oxygen atoms in total. The Morgan fingerprint density at radius 3 is 2.57 bits per heavy atom. The SMILES string of the molecule is CCN(CC)C(=O)N1CCC(C(=O)Nc2ncccc2O)CC1. The minimum Gasteiger partial charge on any atom is -0.504 e. The van der Waals surface area contributed by atoms with Crippen molar-refractivity contribution in [3.05, 3.63) is 18.3 Å². The number of hydrogen-bond acceptors (Lipinski definition) is 4. The Morgan fingerprint density at radius 1 is 1.35 bits per heavy atom. The van der Waals surface area contributed by atoms with E-state index < -0.39 is 0 Å². The van der Waals surface area contributed by atoms with Crippen LogP contribution in [-0.4, -0.2) is 58.0 Å². The summed E-state index contributed by atoms with van der Waals surface area (Å²) in [6.45, 7) is 6.44. The lowest BCUT2D eigenvalue weighted by Gasteiger charge is -2.34. The number of nitrogens with zero attached hydrogens (tertiary/aromatic N) is 3. The predicted molar refractivity (Wildman–Crippen MR) is 87.1 cm³/mol. The first-order chi connectivity index (χ1) is 11.1. The number of nitrogens with one attached hydrogen (secondary N) is 1. The number of likely N-dealkylation sites (tertiary alicyclic amines) is 1. The molecule has 1 aliphatic heterocycles. The molecule has 0 unspecified atom stereocenters. The second-order valence-corrected chi connectivity index (χ2v) is 5.58. The third-order valence-corrected chi connectivity index (χ3v) is 4.20. The van der Waals surface area contributed by atoms with Crippen LogP contribution in [0.2, 0.25) is 0 Å². The molecule has 0 radical (unpaired) electrons. The Morgan fingerprint density at radius 2 is 2.00 bits per heavy atom. The molecule has 0 aromatic carbocycles. The summed E-state index contributed by atoms with van der Waals surface area (Å²) < 4.78 is 0. The van der Waals surface area contributed by atoms with Crippen molar-refractivity contribution in [2.45, 2.75) is 26.7 Å². The lowest BCUT2D eigenvalue weighted by atomic mass is 9.96. The van der Waals surface area contributed by atoms with Crippen molar-refractivity contribution in [2.24, 2.45) is 5.92 Å². The third-order valence-electron chi connectivity index (χ3n) is 4.20. The average Bonchev–Trinajstić information content (AvgIpc) is 2.58. The van der Waals surface area contributed by atoms with E-state index in [-0.39, 0.29) is 29.4 Å². The molecule has 1 aromatic rings. The van der Waals surface area contributed by atoms with E-state index in [0.29, 0.717) is 39.0 Å². The van der Waals surface area contributed by atoms with Crippen LogP contribution in [0.25, 0.3) is 0 Å². The van der Waals surface area contributed by atoms with Gasteiger partial charge in [-0.3, -0.25) is 4.79 Å². The molecule has 1 saturated heterocycles. The molecule has 0 spiro atoms. The van der Waals surface area contributed by atoms with E-state index in [9.17, 15) is 14.7 Å². The number of carbonyl (C=O) groups excluding carboxylic acids is 2. The number of aromatic hydroxyl groups is 1. The van der Waals surface area contributed by atoms with Gasteiger partial charge in [0.25, 0.3) is 0 Å². The molecule has 126 valence electrons. The minimum absolute atomic E-state index is 0.0382. The number of amides is 3. The van der Waals surface area contributed by atoms with Gasteiger partial charge in [0.15, 0.2) is 11.6 Å². The monoisotopic (exact) mass is 320 g/mol. The van der Waals surface area contributed by atoms with Crippen LogP contribution in [0.3, 0.4) is 0 Å². The van der Waals surface area contributed by atoms with E-state index in [0.717, 1.165) is 0 Å². The predicted octanol–water partition coefficient (Wildman–Crippen LogP) is 1.90. The zero-order chi connectivity index (χ0) is 16.8. The van der Waals surface area contributed by atoms with Gasteiger partial charge in [0.05, 0.1) is 0 Å². The van der Waals surface area contributed by atoms with E-state index in [1.165, 1.54) is 12.3 Å². The summed E-state index contributed by atoms with van der Waals surface area (Å²) in [5, 5.41) is 12.3. The summed E-state index contributed by atoms with van der Waals surface area (Å²) in [7, 11) is 0. The fourth-order valence-electron chi connectivity index (χ4n) is 2.74. The molecule has 0 atom stereocenters. The summed E-state index contributed by atoms with van der Waals surface area (Å²) >= 11 is 0. The van der Waals surface area contributed by atoms with Crippen molar-refractivity contribution in [2.75, 3.05) is 31.5 Å². The van der Waals surface area contributed by atoms with Gasteiger partial charge in [0, 0.05) is 38.3 Å². The van der Waals surface area contributed by atoms with Gasteiger partial charge < -0.3 is 20.2 Å². The quantitative estimate of drug-likeness (QED) is 0.887. The van der Waals surface area contributed by atoms with Gasteiger partial charge in [-0.2, -0.15) is 0 Å². The maximum absolute atomic E-state index is 12.3. The van der Waals surface area contributed by atoms with Crippen molar-refractivity contribution in [1.82, 2.24) is 14.8 Å². The molecule has 1 aliphatic rings. The van der Waals surface area contributed by atoms with Gasteiger partial charge in [-0.1, -0.05) is 0 Å². The number of urea groups is 1. The Bertz CT molecular complexity index is 552. The van der Waals surface area contributed by atoms with E-state index in [2.05, 4.69) is 10.3 Å². The first-order valence-electron chi connectivity index (χ1n) is 8.05. The van der Waals surface area contributed by atoms with Crippen molar-refractivity contribution in [1.29, 1.82) is 0 Å². The van der Waals surface area contributed by atoms with Crippen LogP contribution in [0, 0.1) is 5.92 Å². The maximum Gasteiger partial charge on any atom is 0.319 e. The van der Waals surface area contributed by atoms with Gasteiger partial charge in [0.1, 0.15) is 0 Å². The highest BCUT2D eigenvalue weighted by Gasteiger charge is 2.29. The van der Waals surface area contributed by atoms with Crippen LogP contribution in [0.1, 0.15) is 26.7 Å². The second-order valence-electron chi connectivity index (χ2n) is 5.58. The Balaban J connectivity index is 1.88. The van der Waals surface area contributed by atoms with E-state index >= 15 is 0 Å². The Hall–Kier alpha value is -2.31. The molecule has 1 aromatic heterocycles. The van der Waals surface area contributed by atoms with Crippen LogP contribution in [0.4, 0.5) is 10.6 Å². The molecule has 0 aliphatic carbocycles. The lowest BCUT2D eigenvalue weighted by molar-refractivity contribution is -0.121. The smallest absolute Gasteiger partial charge is 0.319 e. The largest absolute Gasteiger partial charge is 0.504 e. The van der Waals surface area contributed by atoms with Crippen molar-refractivity contribution < 1.29 is 14.7 Å². The zero-order valence-corrected chi connectivity index (χ0v) is 13.7. The number of hydrogen-bond donors (Lipinski definition) is 2. The molecule has 2 N–H and O–H groups in total. The highest BCUT2D eigenvalue weighted by atomic mass is 16.3. The molecule has 2 heterocycles. The molecule has 23 heavy (non-hydrogen) atoms. The molecular formula is C16H24N4O3. The molecule has 3 amide bonds. The van der Waals surface area contributed by atoms with E-state index in [4.69, 9.17) is 0 Å². The van der Waals surface area contributed by atoms with Crippen molar-refractivity contribution in [3.8, 4) is 5.75 Å². The molecule has 1 fully saturated rings. The summed E-state index contributed by atoms with van der Waals surface area (Å²) in [6.07, 6.45) is 2.75. The maximum atomic E-state index is 12.3. The molecule has 2 rings (SSSR count). The summed E-state index contributed by atoms with van der Waals surface area (Å²) in [6, 6.07) is 3.12. The van der Waals surface area contributed by atoms with Crippen molar-refractivity contribution >= 4 is 17.8 Å². The van der Waals surface area contributed by atoms with Crippen LogP contribution >= 0.6 is 0 Å². The Labute approximate surface area is 136 Å². The van der Waals surface area contributed by atoms with Crippen molar-refractivity contribution in [3.63, 3.8) is 0 Å². The van der Waals surface area contributed by atoms with Crippen LogP contribution < -0.4 is 5.32 Å². The first-order valence-corrected chi connectivity index (χ1v) is 8.05. The fraction of sp³-hybridized carbons (Fsp3) is 0.562. The van der Waals surface area contributed by atoms with Gasteiger partial charge in [0.2, 0.25) is 5.91 Å². The number of carbonyl (C=O) groups is 2. The number of pyridine rings is 1. The number of piperidine rings is 1. The number of anilines is 1. The topological polar surface area (TPSA) is 85.8 Å². The normalized spacial score (nSPS) is 15.3. The average molecular weight is 320 g/mol. The van der Waals surface area contributed by atoms with Gasteiger partial charge in [-0.05, 0) is 38.8 Å². The molecule has 0 bridgehead atoms. The van der Waals surface area contributed by atoms with Crippen LogP contribution in [0.15, 0.2) is 18.3 Å². The highest BCUT2D eigenvalue weighted by molar-refractivity contribution is 5.93. The summed E-state index contributed by atoms with van der Waals surface area (Å²) in [4.78, 5) is 32.1. The Kier molecular flexibility index (Phi) is 5.78. The van der Waals surface area contributed by atoms with E-state index in [1.54, 1.807) is 15.9 Å². The highest BCUT2D eigenvalue weighted by Crippen LogP contribution is 2.23. The number of rotatable bonds is 4. The summed E-state index contributed by atoms with van der Waals surface area (Å²) in [5.74, 6) is -0.194. The van der Waals surface area contributed by atoms with Crippen LogP contribution in [0.5, 0.6) is 5.75 Å². The second kappa shape index (κ2) is 7.80. The summed E-state index contributed by atoms with van der Waals surface area (Å²) in [5.41, 5.74) is 0. The third kappa shape index (κ3) is 4.12. The minimum atomic E-state index is -0.169. The molecule has 0 saturated carbocycles. The van der Waals surface area contributed by atoms with E-state index in [1.807, 2.05) is 13.8 Å².